The van der Waals surface area contributed by atoms with Gasteiger partial charge in [0.1, 0.15) is 11.6 Å². The molecule has 1 aromatic carbocycles. The number of nitrogens with zero attached hydrogens (tertiary/aromatic N) is 2. The van der Waals surface area contributed by atoms with E-state index in [1.54, 1.807) is 0 Å². The van der Waals surface area contributed by atoms with Crippen molar-refractivity contribution in [1.29, 1.82) is 0 Å². The van der Waals surface area contributed by atoms with Crippen molar-refractivity contribution < 1.29 is 13.2 Å². The number of nitrogen functional groups attached to an aromatic ring is 2. The summed E-state index contributed by atoms with van der Waals surface area (Å²) in [6, 6.07) is 6.07. The van der Waals surface area contributed by atoms with Crippen molar-refractivity contribution in [3.05, 3.63) is 35.9 Å². The second-order valence-electron chi connectivity index (χ2n) is 3.45. The average molecular weight is 242 g/mol. The van der Waals surface area contributed by atoms with Crippen molar-refractivity contribution in [3.63, 3.8) is 0 Å². The largest absolute Gasteiger partial charge is 0.416 e. The van der Waals surface area contributed by atoms with E-state index in [0.29, 0.717) is 0 Å². The van der Waals surface area contributed by atoms with E-state index in [-0.39, 0.29) is 17.3 Å². The highest BCUT2D eigenvalue weighted by atomic mass is 19.4. The molecular weight excluding hydrogens is 233 g/mol. The normalized spacial score (nSPS) is 11.7. The summed E-state index contributed by atoms with van der Waals surface area (Å²) in [7, 11) is 0. The van der Waals surface area contributed by atoms with Gasteiger partial charge in [-0.1, -0.05) is 6.07 Å². The van der Waals surface area contributed by atoms with Crippen LogP contribution in [-0.2, 0) is 6.18 Å². The molecule has 1 aromatic heterocycles. The Balaban J connectivity index is 2.50. The fourth-order valence-corrected chi connectivity index (χ4v) is 1.44. The first-order valence-corrected chi connectivity index (χ1v) is 4.66. The molecule has 0 radical (unpaired) electrons. The van der Waals surface area contributed by atoms with E-state index in [2.05, 4.69) is 5.10 Å². The summed E-state index contributed by atoms with van der Waals surface area (Å²) in [4.78, 5) is 0. The van der Waals surface area contributed by atoms with Gasteiger partial charge in [0, 0.05) is 6.07 Å². The van der Waals surface area contributed by atoms with Crippen LogP contribution >= 0.6 is 0 Å². The summed E-state index contributed by atoms with van der Waals surface area (Å²) >= 11 is 0. The quantitative estimate of drug-likeness (QED) is 0.804. The lowest BCUT2D eigenvalue weighted by atomic mass is 10.2. The van der Waals surface area contributed by atoms with Gasteiger partial charge in [-0.25, -0.2) is 4.68 Å². The molecule has 0 amide bonds. The maximum atomic E-state index is 12.5. The third-order valence-corrected chi connectivity index (χ3v) is 2.17. The maximum Gasteiger partial charge on any atom is 0.416 e. The Bertz CT molecular complexity index is 545. The van der Waals surface area contributed by atoms with E-state index < -0.39 is 11.7 Å². The second kappa shape index (κ2) is 3.69. The molecule has 0 fully saturated rings. The molecule has 0 aliphatic carbocycles. The topological polar surface area (TPSA) is 69.9 Å². The molecule has 17 heavy (non-hydrogen) atoms. The number of halogens is 3. The van der Waals surface area contributed by atoms with E-state index in [4.69, 9.17) is 11.5 Å². The van der Waals surface area contributed by atoms with Gasteiger partial charge in [0.05, 0.1) is 11.3 Å². The summed E-state index contributed by atoms with van der Waals surface area (Å²) in [5.74, 6) is 0.335. The summed E-state index contributed by atoms with van der Waals surface area (Å²) in [6.07, 6.45) is -4.40. The molecule has 0 aliphatic heterocycles. The molecule has 7 heteroatoms. The third-order valence-electron chi connectivity index (χ3n) is 2.17. The molecule has 0 saturated heterocycles. The highest BCUT2D eigenvalue weighted by Gasteiger charge is 2.30. The van der Waals surface area contributed by atoms with E-state index in [9.17, 15) is 13.2 Å². The zero-order valence-corrected chi connectivity index (χ0v) is 8.57. The molecule has 1 heterocycles. The first-order valence-electron chi connectivity index (χ1n) is 4.66. The molecule has 0 aliphatic rings. The van der Waals surface area contributed by atoms with Gasteiger partial charge >= 0.3 is 6.18 Å². The van der Waals surface area contributed by atoms with Crippen molar-refractivity contribution in [2.45, 2.75) is 6.18 Å². The molecule has 2 rings (SSSR count). The van der Waals surface area contributed by atoms with E-state index in [0.717, 1.165) is 16.8 Å². The van der Waals surface area contributed by atoms with E-state index in [1.165, 1.54) is 18.2 Å². The number of hydrogen-bond acceptors (Lipinski definition) is 3. The highest BCUT2D eigenvalue weighted by Crippen LogP contribution is 2.30. The number of rotatable bonds is 1. The van der Waals surface area contributed by atoms with Crippen LogP contribution in [-0.4, -0.2) is 9.78 Å². The average Bonchev–Trinajstić information content (AvgIpc) is 2.57. The van der Waals surface area contributed by atoms with Gasteiger partial charge in [-0.05, 0) is 18.2 Å². The Morgan fingerprint density at radius 1 is 1.12 bits per heavy atom. The lowest BCUT2D eigenvalue weighted by molar-refractivity contribution is -0.137. The SMILES string of the molecule is Nc1cc(N)n(-c2cccc(C(F)(F)F)c2)n1. The van der Waals surface area contributed by atoms with Gasteiger partial charge < -0.3 is 11.5 Å². The predicted octanol–water partition coefficient (Wildman–Crippen LogP) is 2.06. The smallest absolute Gasteiger partial charge is 0.384 e. The number of alkyl halides is 3. The first kappa shape index (κ1) is 11.3. The van der Waals surface area contributed by atoms with Crippen LogP contribution in [0.15, 0.2) is 30.3 Å². The zero-order chi connectivity index (χ0) is 12.6. The van der Waals surface area contributed by atoms with Gasteiger partial charge in [0.15, 0.2) is 0 Å². The molecule has 0 spiro atoms. The van der Waals surface area contributed by atoms with Crippen molar-refractivity contribution >= 4 is 11.6 Å². The van der Waals surface area contributed by atoms with Crippen LogP contribution in [0.4, 0.5) is 24.8 Å². The van der Waals surface area contributed by atoms with Crippen molar-refractivity contribution in [2.24, 2.45) is 0 Å². The number of anilines is 2. The lowest BCUT2D eigenvalue weighted by Crippen LogP contribution is -2.07. The van der Waals surface area contributed by atoms with E-state index in [1.807, 2.05) is 0 Å². The summed E-state index contributed by atoms with van der Waals surface area (Å²) in [6.45, 7) is 0. The van der Waals surface area contributed by atoms with Crippen molar-refractivity contribution in [2.75, 3.05) is 11.5 Å². The number of hydrogen-bond donors (Lipinski definition) is 2. The van der Waals surface area contributed by atoms with Crippen LogP contribution in [0.3, 0.4) is 0 Å². The number of nitrogens with two attached hydrogens (primary N) is 2. The fraction of sp³-hybridized carbons (Fsp3) is 0.100. The number of benzene rings is 1. The minimum Gasteiger partial charge on any atom is -0.384 e. The fourth-order valence-electron chi connectivity index (χ4n) is 1.44. The summed E-state index contributed by atoms with van der Waals surface area (Å²) < 4.78 is 38.7. The Labute approximate surface area is 94.6 Å². The van der Waals surface area contributed by atoms with Gasteiger partial charge in [-0.15, -0.1) is 5.10 Å². The monoisotopic (exact) mass is 242 g/mol. The van der Waals surface area contributed by atoms with Gasteiger partial charge in [-0.3, -0.25) is 0 Å². The van der Waals surface area contributed by atoms with Crippen molar-refractivity contribution in [3.8, 4) is 5.69 Å². The Morgan fingerprint density at radius 3 is 2.35 bits per heavy atom. The minimum absolute atomic E-state index is 0.153. The minimum atomic E-state index is -4.40. The van der Waals surface area contributed by atoms with Crippen LogP contribution < -0.4 is 11.5 Å². The Morgan fingerprint density at radius 2 is 1.82 bits per heavy atom. The molecule has 0 atom stereocenters. The lowest BCUT2D eigenvalue weighted by Gasteiger charge is -2.09. The molecule has 4 nitrogen and oxygen atoms in total. The molecule has 0 bridgehead atoms. The van der Waals surface area contributed by atoms with Crippen LogP contribution in [0.1, 0.15) is 5.56 Å². The molecule has 2 aromatic rings. The first-order chi connectivity index (χ1) is 7.88. The van der Waals surface area contributed by atoms with Crippen LogP contribution in [0.25, 0.3) is 5.69 Å². The predicted molar refractivity (Wildman–Crippen MR) is 57.4 cm³/mol. The maximum absolute atomic E-state index is 12.5. The van der Waals surface area contributed by atoms with Crippen LogP contribution in [0.5, 0.6) is 0 Å². The summed E-state index contributed by atoms with van der Waals surface area (Å²) in [5, 5.41) is 3.81. The Kier molecular flexibility index (Phi) is 2.45. The van der Waals surface area contributed by atoms with Gasteiger partial charge in [0.25, 0.3) is 0 Å². The van der Waals surface area contributed by atoms with Crippen LogP contribution in [0, 0.1) is 0 Å². The number of aromatic nitrogens is 2. The van der Waals surface area contributed by atoms with Crippen LogP contribution in [0.2, 0.25) is 0 Å². The molecule has 0 unspecified atom stereocenters. The highest BCUT2D eigenvalue weighted by molar-refractivity contribution is 5.49. The molecule has 0 saturated carbocycles. The molecular formula is C10H9F3N4. The third kappa shape index (κ3) is 2.17. The Hall–Kier alpha value is -2.18. The standard InChI is InChI=1S/C10H9F3N4/c11-10(12,13)6-2-1-3-7(4-6)17-9(15)5-8(14)16-17/h1-5H,15H2,(H2,14,16). The molecule has 90 valence electrons. The van der Waals surface area contributed by atoms with Gasteiger partial charge in [0.2, 0.25) is 0 Å². The summed E-state index contributed by atoms with van der Waals surface area (Å²) in [5.41, 5.74) is 10.4. The van der Waals surface area contributed by atoms with Crippen molar-refractivity contribution in [1.82, 2.24) is 9.78 Å². The second-order valence-corrected chi connectivity index (χ2v) is 3.45. The van der Waals surface area contributed by atoms with Gasteiger partial charge in [-0.2, -0.15) is 13.2 Å². The van der Waals surface area contributed by atoms with E-state index >= 15 is 0 Å². The molecule has 4 N–H and O–H groups in total. The zero-order valence-electron chi connectivity index (χ0n) is 8.57.